The Morgan fingerprint density at radius 3 is 2.47 bits per heavy atom. The summed E-state index contributed by atoms with van der Waals surface area (Å²) in [6.07, 6.45) is 0.787. The SMILES string of the molecule is C=CCN(CCOC)C(=O)N[C@H](CC(=O)O)C(=O)O. The summed E-state index contributed by atoms with van der Waals surface area (Å²) in [7, 11) is 1.47. The molecule has 8 nitrogen and oxygen atoms in total. The van der Waals surface area contributed by atoms with Crippen LogP contribution in [0.4, 0.5) is 4.79 Å². The molecule has 0 heterocycles. The fraction of sp³-hybridized carbons (Fsp3) is 0.545. The van der Waals surface area contributed by atoms with Crippen LogP contribution in [0.2, 0.25) is 0 Å². The normalized spacial score (nSPS) is 11.4. The zero-order valence-electron chi connectivity index (χ0n) is 10.7. The average molecular weight is 274 g/mol. The monoisotopic (exact) mass is 274 g/mol. The molecule has 0 aromatic carbocycles. The quantitative estimate of drug-likeness (QED) is 0.500. The molecule has 2 amide bonds. The Morgan fingerprint density at radius 2 is 2.05 bits per heavy atom. The number of nitrogens with zero attached hydrogens (tertiary/aromatic N) is 1. The number of carbonyl (C=O) groups is 3. The van der Waals surface area contributed by atoms with Crippen molar-refractivity contribution in [2.45, 2.75) is 12.5 Å². The molecule has 0 saturated heterocycles. The van der Waals surface area contributed by atoms with Crippen molar-refractivity contribution >= 4 is 18.0 Å². The highest BCUT2D eigenvalue weighted by atomic mass is 16.5. The molecule has 0 fully saturated rings. The summed E-state index contributed by atoms with van der Waals surface area (Å²) in [4.78, 5) is 34.4. The van der Waals surface area contributed by atoms with E-state index in [1.807, 2.05) is 0 Å². The highest BCUT2D eigenvalue weighted by Gasteiger charge is 2.25. The van der Waals surface area contributed by atoms with Crippen LogP contribution in [0.25, 0.3) is 0 Å². The molecule has 0 aromatic heterocycles. The van der Waals surface area contributed by atoms with Gasteiger partial charge in [0.1, 0.15) is 6.04 Å². The topological polar surface area (TPSA) is 116 Å². The Bertz CT molecular complexity index is 344. The van der Waals surface area contributed by atoms with Gasteiger partial charge in [0.2, 0.25) is 0 Å². The molecule has 0 radical (unpaired) electrons. The van der Waals surface area contributed by atoms with Gasteiger partial charge in [-0.3, -0.25) is 4.79 Å². The molecule has 0 saturated carbocycles. The van der Waals surface area contributed by atoms with Crippen molar-refractivity contribution in [1.29, 1.82) is 0 Å². The maximum Gasteiger partial charge on any atom is 0.326 e. The summed E-state index contributed by atoms with van der Waals surface area (Å²) in [5.41, 5.74) is 0. The first-order chi connectivity index (χ1) is 8.92. The highest BCUT2D eigenvalue weighted by Crippen LogP contribution is 1.97. The lowest BCUT2D eigenvalue weighted by molar-refractivity contribution is -0.145. The Morgan fingerprint density at radius 1 is 1.42 bits per heavy atom. The number of carboxylic acid groups (broad SMARTS) is 2. The first-order valence-corrected chi connectivity index (χ1v) is 5.52. The van der Waals surface area contributed by atoms with Crippen molar-refractivity contribution in [2.75, 3.05) is 26.8 Å². The van der Waals surface area contributed by atoms with Crippen molar-refractivity contribution in [3.8, 4) is 0 Å². The van der Waals surface area contributed by atoms with Crippen LogP contribution >= 0.6 is 0 Å². The molecular formula is C11H18N2O6. The number of aliphatic carboxylic acids is 2. The maximum atomic E-state index is 11.8. The van der Waals surface area contributed by atoms with Crippen LogP contribution in [0.5, 0.6) is 0 Å². The van der Waals surface area contributed by atoms with E-state index in [9.17, 15) is 14.4 Å². The molecule has 0 bridgehead atoms. The summed E-state index contributed by atoms with van der Waals surface area (Å²) < 4.78 is 4.82. The Labute approximate surface area is 110 Å². The van der Waals surface area contributed by atoms with Crippen molar-refractivity contribution in [1.82, 2.24) is 10.2 Å². The first kappa shape index (κ1) is 16.9. The smallest absolute Gasteiger partial charge is 0.326 e. The van der Waals surface area contributed by atoms with Crippen molar-refractivity contribution in [3.63, 3.8) is 0 Å². The molecule has 0 aromatic rings. The van der Waals surface area contributed by atoms with Crippen molar-refractivity contribution < 1.29 is 29.3 Å². The van der Waals surface area contributed by atoms with E-state index in [4.69, 9.17) is 14.9 Å². The predicted octanol–water partition coefficient (Wildman–Crippen LogP) is -0.242. The van der Waals surface area contributed by atoms with E-state index in [1.54, 1.807) is 0 Å². The predicted molar refractivity (Wildman–Crippen MR) is 65.9 cm³/mol. The fourth-order valence-electron chi connectivity index (χ4n) is 1.25. The van der Waals surface area contributed by atoms with Crippen LogP contribution in [-0.2, 0) is 14.3 Å². The van der Waals surface area contributed by atoms with E-state index in [1.165, 1.54) is 18.1 Å². The van der Waals surface area contributed by atoms with Gasteiger partial charge >= 0.3 is 18.0 Å². The zero-order valence-corrected chi connectivity index (χ0v) is 10.7. The molecule has 0 spiro atoms. The van der Waals surface area contributed by atoms with E-state index in [-0.39, 0.29) is 19.7 Å². The van der Waals surface area contributed by atoms with Gasteiger partial charge in [0.15, 0.2) is 0 Å². The molecule has 0 aliphatic rings. The third kappa shape index (κ3) is 7.04. The number of urea groups is 1. The molecular weight excluding hydrogens is 256 g/mol. The van der Waals surface area contributed by atoms with Crippen molar-refractivity contribution in [3.05, 3.63) is 12.7 Å². The Balaban J connectivity index is 4.59. The summed E-state index contributed by atoms with van der Waals surface area (Å²) in [6, 6.07) is -2.15. The van der Waals surface area contributed by atoms with Gasteiger partial charge in [-0.15, -0.1) is 6.58 Å². The summed E-state index contributed by atoms with van der Waals surface area (Å²) >= 11 is 0. The fourth-order valence-corrected chi connectivity index (χ4v) is 1.25. The molecule has 19 heavy (non-hydrogen) atoms. The van der Waals surface area contributed by atoms with Crippen LogP contribution in [-0.4, -0.2) is 65.9 Å². The van der Waals surface area contributed by atoms with Gasteiger partial charge in [-0.2, -0.15) is 0 Å². The van der Waals surface area contributed by atoms with Crippen LogP contribution in [0.3, 0.4) is 0 Å². The number of nitrogens with one attached hydrogen (secondary N) is 1. The van der Waals surface area contributed by atoms with Crippen LogP contribution in [0, 0.1) is 0 Å². The minimum atomic E-state index is -1.47. The number of rotatable bonds is 9. The zero-order chi connectivity index (χ0) is 14.8. The minimum absolute atomic E-state index is 0.203. The van der Waals surface area contributed by atoms with Crippen LogP contribution < -0.4 is 5.32 Å². The van der Waals surface area contributed by atoms with E-state index in [0.717, 1.165) is 0 Å². The van der Waals surface area contributed by atoms with Crippen LogP contribution in [0.15, 0.2) is 12.7 Å². The molecule has 8 heteroatoms. The second-order valence-electron chi connectivity index (χ2n) is 3.67. The lowest BCUT2D eigenvalue weighted by Gasteiger charge is -2.23. The first-order valence-electron chi connectivity index (χ1n) is 5.52. The lowest BCUT2D eigenvalue weighted by Crippen LogP contribution is -2.49. The number of ether oxygens (including phenoxy) is 1. The molecule has 0 aliphatic carbocycles. The van der Waals surface area contributed by atoms with Gasteiger partial charge in [-0.25, -0.2) is 9.59 Å². The minimum Gasteiger partial charge on any atom is -0.481 e. The number of methoxy groups -OCH3 is 1. The van der Waals surface area contributed by atoms with Gasteiger partial charge in [-0.05, 0) is 0 Å². The van der Waals surface area contributed by atoms with Gasteiger partial charge in [-0.1, -0.05) is 6.08 Å². The highest BCUT2D eigenvalue weighted by molar-refractivity contribution is 5.86. The second-order valence-corrected chi connectivity index (χ2v) is 3.67. The van der Waals surface area contributed by atoms with Crippen molar-refractivity contribution in [2.24, 2.45) is 0 Å². The molecule has 108 valence electrons. The number of hydrogen-bond donors (Lipinski definition) is 3. The molecule has 1 atom stereocenters. The van der Waals surface area contributed by atoms with Gasteiger partial charge in [0, 0.05) is 20.2 Å². The summed E-state index contributed by atoms with van der Waals surface area (Å²) in [5.74, 6) is -2.71. The van der Waals surface area contributed by atoms with E-state index >= 15 is 0 Å². The third-order valence-electron chi connectivity index (χ3n) is 2.18. The Kier molecular flexibility index (Phi) is 7.94. The van der Waals surface area contributed by atoms with Gasteiger partial charge < -0.3 is 25.2 Å². The molecule has 0 unspecified atom stereocenters. The average Bonchev–Trinajstić information content (AvgIpc) is 2.32. The Hall–Kier alpha value is -2.09. The standard InChI is InChI=1S/C11H18N2O6/c1-3-4-13(5-6-19-2)11(18)12-8(10(16)17)7-9(14)15/h3,8H,1,4-7H2,2H3,(H,12,18)(H,14,15)(H,16,17)/t8-/m1/s1. The van der Waals surface area contributed by atoms with Gasteiger partial charge in [0.25, 0.3) is 0 Å². The van der Waals surface area contributed by atoms with Crippen LogP contribution in [0.1, 0.15) is 6.42 Å². The molecule has 0 aliphatic heterocycles. The van der Waals surface area contributed by atoms with E-state index in [0.29, 0.717) is 0 Å². The molecule has 0 rings (SSSR count). The maximum absolute atomic E-state index is 11.8. The van der Waals surface area contributed by atoms with Gasteiger partial charge in [0.05, 0.1) is 13.0 Å². The third-order valence-corrected chi connectivity index (χ3v) is 2.18. The number of amides is 2. The van der Waals surface area contributed by atoms with E-state index in [2.05, 4.69) is 11.9 Å². The second kappa shape index (κ2) is 8.92. The summed E-state index contributed by atoms with van der Waals surface area (Å²) in [5, 5.41) is 19.5. The lowest BCUT2D eigenvalue weighted by atomic mass is 10.2. The van der Waals surface area contributed by atoms with E-state index < -0.39 is 30.4 Å². The number of hydrogen-bond acceptors (Lipinski definition) is 4. The largest absolute Gasteiger partial charge is 0.481 e. The number of carboxylic acids is 2. The number of carbonyl (C=O) groups excluding carboxylic acids is 1. The molecule has 3 N–H and O–H groups in total. The summed E-state index contributed by atoms with van der Waals surface area (Å²) in [6.45, 7) is 4.20.